The summed E-state index contributed by atoms with van der Waals surface area (Å²) < 4.78 is 5.68. The summed E-state index contributed by atoms with van der Waals surface area (Å²) in [5.41, 5.74) is 4.22. The molecule has 0 unspecified atom stereocenters. The fourth-order valence-corrected chi connectivity index (χ4v) is 2.03. The zero-order chi connectivity index (χ0) is 17.0. The van der Waals surface area contributed by atoms with Gasteiger partial charge in [-0.1, -0.05) is 0 Å². The van der Waals surface area contributed by atoms with Gasteiger partial charge in [0.05, 0.1) is 11.8 Å². The molecule has 5 N–H and O–H groups in total. The predicted octanol–water partition coefficient (Wildman–Crippen LogP) is 1.97. The topological polar surface area (TPSA) is 109 Å². The second-order valence-electron chi connectivity index (χ2n) is 5.36. The lowest BCUT2D eigenvalue weighted by molar-refractivity contribution is 0.0952. The molecule has 2 aromatic rings. The van der Waals surface area contributed by atoms with Gasteiger partial charge in [0, 0.05) is 11.3 Å². The predicted molar refractivity (Wildman–Crippen MR) is 87.3 cm³/mol. The first kappa shape index (κ1) is 16.6. The Morgan fingerprint density at radius 3 is 2.48 bits per heavy atom. The molecule has 0 aliphatic heterocycles. The SMILES string of the molecule is Cc1ccc(C(=O)Nc2ccc(C(=O)NN)cc2OC(C)C)[nH]1. The van der Waals surface area contributed by atoms with Crippen LogP contribution in [0.2, 0.25) is 0 Å². The molecule has 7 nitrogen and oxygen atoms in total. The zero-order valence-corrected chi connectivity index (χ0v) is 13.3. The van der Waals surface area contributed by atoms with E-state index in [4.69, 9.17) is 10.6 Å². The van der Waals surface area contributed by atoms with E-state index >= 15 is 0 Å². The van der Waals surface area contributed by atoms with Crippen LogP contribution < -0.4 is 21.3 Å². The van der Waals surface area contributed by atoms with Crippen LogP contribution in [0.5, 0.6) is 5.75 Å². The molecule has 2 rings (SSSR count). The van der Waals surface area contributed by atoms with Gasteiger partial charge in [-0.15, -0.1) is 0 Å². The highest BCUT2D eigenvalue weighted by molar-refractivity contribution is 6.04. The highest BCUT2D eigenvalue weighted by atomic mass is 16.5. The number of hydrogen-bond donors (Lipinski definition) is 4. The van der Waals surface area contributed by atoms with Gasteiger partial charge in [0.2, 0.25) is 0 Å². The fraction of sp³-hybridized carbons (Fsp3) is 0.250. The summed E-state index contributed by atoms with van der Waals surface area (Å²) >= 11 is 0. The lowest BCUT2D eigenvalue weighted by Gasteiger charge is -2.16. The lowest BCUT2D eigenvalue weighted by Crippen LogP contribution is -2.30. The van der Waals surface area contributed by atoms with Gasteiger partial charge in [-0.05, 0) is 51.1 Å². The highest BCUT2D eigenvalue weighted by Gasteiger charge is 2.15. The molecule has 23 heavy (non-hydrogen) atoms. The second-order valence-corrected chi connectivity index (χ2v) is 5.36. The van der Waals surface area contributed by atoms with Crippen molar-refractivity contribution in [2.75, 3.05) is 5.32 Å². The number of nitrogens with one attached hydrogen (secondary N) is 3. The minimum atomic E-state index is -0.434. The maximum atomic E-state index is 12.2. The number of ether oxygens (including phenoxy) is 1. The van der Waals surface area contributed by atoms with Gasteiger partial charge in [-0.3, -0.25) is 15.0 Å². The molecule has 7 heteroatoms. The summed E-state index contributed by atoms with van der Waals surface area (Å²) in [6.45, 7) is 5.58. The van der Waals surface area contributed by atoms with E-state index in [-0.39, 0.29) is 12.0 Å². The van der Waals surface area contributed by atoms with Crippen molar-refractivity contribution in [2.24, 2.45) is 5.84 Å². The van der Waals surface area contributed by atoms with Crippen LogP contribution in [-0.4, -0.2) is 22.9 Å². The van der Waals surface area contributed by atoms with Gasteiger partial charge in [-0.25, -0.2) is 5.84 Å². The van der Waals surface area contributed by atoms with E-state index in [0.29, 0.717) is 22.7 Å². The normalized spacial score (nSPS) is 10.5. The Balaban J connectivity index is 2.29. The average molecular weight is 316 g/mol. The lowest BCUT2D eigenvalue weighted by atomic mass is 10.1. The molecular weight excluding hydrogens is 296 g/mol. The second kappa shape index (κ2) is 6.97. The molecule has 1 aromatic heterocycles. The monoisotopic (exact) mass is 316 g/mol. The number of aryl methyl sites for hydroxylation is 1. The number of carbonyl (C=O) groups is 2. The Hall–Kier alpha value is -2.80. The molecule has 0 aliphatic rings. The van der Waals surface area contributed by atoms with E-state index in [0.717, 1.165) is 5.69 Å². The van der Waals surface area contributed by atoms with Crippen LogP contribution in [0.4, 0.5) is 5.69 Å². The molecule has 1 aromatic carbocycles. The molecule has 2 amide bonds. The van der Waals surface area contributed by atoms with Crippen LogP contribution in [0.3, 0.4) is 0 Å². The first-order valence-corrected chi connectivity index (χ1v) is 7.19. The van der Waals surface area contributed by atoms with Crippen molar-refractivity contribution in [3.8, 4) is 5.75 Å². The molecule has 0 radical (unpaired) electrons. The van der Waals surface area contributed by atoms with E-state index < -0.39 is 5.91 Å². The van der Waals surface area contributed by atoms with Crippen molar-refractivity contribution in [3.05, 3.63) is 47.3 Å². The Kier molecular flexibility index (Phi) is 5.02. The van der Waals surface area contributed by atoms with Crippen molar-refractivity contribution in [1.82, 2.24) is 10.4 Å². The Morgan fingerprint density at radius 1 is 1.17 bits per heavy atom. The van der Waals surface area contributed by atoms with Crippen molar-refractivity contribution in [2.45, 2.75) is 26.9 Å². The molecule has 1 heterocycles. The van der Waals surface area contributed by atoms with Gasteiger partial charge in [0.15, 0.2) is 0 Å². The van der Waals surface area contributed by atoms with Crippen molar-refractivity contribution < 1.29 is 14.3 Å². The number of carbonyl (C=O) groups excluding carboxylic acids is 2. The number of hydrazine groups is 1. The smallest absolute Gasteiger partial charge is 0.272 e. The van der Waals surface area contributed by atoms with Gasteiger partial charge in [-0.2, -0.15) is 0 Å². The van der Waals surface area contributed by atoms with Crippen LogP contribution >= 0.6 is 0 Å². The zero-order valence-electron chi connectivity index (χ0n) is 13.3. The van der Waals surface area contributed by atoms with Crippen LogP contribution in [0, 0.1) is 6.92 Å². The van der Waals surface area contributed by atoms with Gasteiger partial charge < -0.3 is 15.0 Å². The molecule has 122 valence electrons. The van der Waals surface area contributed by atoms with Gasteiger partial charge >= 0.3 is 0 Å². The van der Waals surface area contributed by atoms with Crippen LogP contribution in [-0.2, 0) is 0 Å². The molecule has 0 spiro atoms. The van der Waals surface area contributed by atoms with Crippen molar-refractivity contribution in [3.63, 3.8) is 0 Å². The van der Waals surface area contributed by atoms with Crippen molar-refractivity contribution in [1.29, 1.82) is 0 Å². The summed E-state index contributed by atoms with van der Waals surface area (Å²) in [6, 6.07) is 8.22. The first-order valence-electron chi connectivity index (χ1n) is 7.19. The number of aromatic nitrogens is 1. The minimum Gasteiger partial charge on any atom is -0.489 e. The summed E-state index contributed by atoms with van der Waals surface area (Å²) in [7, 11) is 0. The number of anilines is 1. The van der Waals surface area contributed by atoms with Gasteiger partial charge in [0.25, 0.3) is 11.8 Å². The molecule has 0 bridgehead atoms. The number of amides is 2. The molecule has 0 saturated heterocycles. The fourth-order valence-electron chi connectivity index (χ4n) is 2.03. The van der Waals surface area contributed by atoms with E-state index in [1.807, 2.05) is 26.8 Å². The number of aromatic amines is 1. The van der Waals surface area contributed by atoms with Crippen LogP contribution in [0.1, 0.15) is 40.4 Å². The van der Waals surface area contributed by atoms with E-state index in [1.54, 1.807) is 18.2 Å². The maximum Gasteiger partial charge on any atom is 0.272 e. The number of H-pyrrole nitrogens is 1. The Labute approximate surface area is 134 Å². The summed E-state index contributed by atoms with van der Waals surface area (Å²) in [5.74, 6) is 4.82. The summed E-state index contributed by atoms with van der Waals surface area (Å²) in [5, 5.41) is 2.77. The summed E-state index contributed by atoms with van der Waals surface area (Å²) in [4.78, 5) is 26.8. The van der Waals surface area contributed by atoms with Gasteiger partial charge in [0.1, 0.15) is 11.4 Å². The summed E-state index contributed by atoms with van der Waals surface area (Å²) in [6.07, 6.45) is -0.116. The maximum absolute atomic E-state index is 12.2. The van der Waals surface area contributed by atoms with Crippen LogP contribution in [0.25, 0.3) is 0 Å². The highest BCUT2D eigenvalue weighted by Crippen LogP contribution is 2.27. The first-order chi connectivity index (χ1) is 10.9. The third-order valence-electron chi connectivity index (χ3n) is 3.06. The number of benzene rings is 1. The number of hydrogen-bond acceptors (Lipinski definition) is 4. The molecule has 0 atom stereocenters. The molecule has 0 fully saturated rings. The Morgan fingerprint density at radius 2 is 1.91 bits per heavy atom. The van der Waals surface area contributed by atoms with Crippen molar-refractivity contribution >= 4 is 17.5 Å². The third-order valence-corrected chi connectivity index (χ3v) is 3.06. The molecule has 0 aliphatic carbocycles. The number of nitrogen functional groups attached to an aromatic ring is 1. The van der Waals surface area contributed by atoms with E-state index in [9.17, 15) is 9.59 Å². The standard InChI is InChI=1S/C16H20N4O3/c1-9(2)23-14-8-11(15(21)20-17)5-7-12(14)19-16(22)13-6-4-10(3)18-13/h4-9,18H,17H2,1-3H3,(H,19,22)(H,20,21). The molecule has 0 saturated carbocycles. The quantitative estimate of drug-likeness (QED) is 0.384. The Bertz CT molecular complexity index is 722. The average Bonchev–Trinajstić information content (AvgIpc) is 2.94. The minimum absolute atomic E-state index is 0.116. The third kappa shape index (κ3) is 4.10. The van der Waals surface area contributed by atoms with Crippen LogP contribution in [0.15, 0.2) is 30.3 Å². The molecular formula is C16H20N4O3. The van der Waals surface area contributed by atoms with E-state index in [1.165, 1.54) is 6.07 Å². The van der Waals surface area contributed by atoms with E-state index in [2.05, 4.69) is 15.7 Å². The largest absolute Gasteiger partial charge is 0.489 e. The number of rotatable bonds is 5. The number of nitrogens with two attached hydrogens (primary N) is 1.